The zero-order valence-electron chi connectivity index (χ0n) is 11.3. The first kappa shape index (κ1) is 13.8. The van der Waals surface area contributed by atoms with Crippen molar-refractivity contribution in [1.29, 1.82) is 0 Å². The molecular weight excluding hydrogens is 230 g/mol. The molecule has 18 heavy (non-hydrogen) atoms. The summed E-state index contributed by atoms with van der Waals surface area (Å²) < 4.78 is 0. The lowest BCUT2D eigenvalue weighted by Gasteiger charge is -2.32. The van der Waals surface area contributed by atoms with E-state index in [0.717, 1.165) is 38.6 Å². The van der Waals surface area contributed by atoms with E-state index in [2.05, 4.69) is 4.90 Å². The summed E-state index contributed by atoms with van der Waals surface area (Å²) in [6.07, 6.45) is 6.47. The summed E-state index contributed by atoms with van der Waals surface area (Å²) in [6.45, 7) is 3.39. The predicted molar refractivity (Wildman–Crippen MR) is 69.4 cm³/mol. The van der Waals surface area contributed by atoms with Crippen molar-refractivity contribution in [2.75, 3.05) is 13.1 Å². The number of aliphatic hydroxyl groups is 1. The van der Waals surface area contributed by atoms with Gasteiger partial charge in [-0.25, -0.2) is 0 Å². The van der Waals surface area contributed by atoms with Crippen LogP contribution in [0.25, 0.3) is 0 Å². The van der Waals surface area contributed by atoms with Crippen LogP contribution in [0.4, 0.5) is 0 Å². The predicted octanol–water partition coefficient (Wildman–Crippen LogP) is 1.87. The Bertz CT molecular complexity index is 307. The van der Waals surface area contributed by atoms with E-state index in [1.165, 1.54) is 6.42 Å². The van der Waals surface area contributed by atoms with Gasteiger partial charge in [0.25, 0.3) is 0 Å². The van der Waals surface area contributed by atoms with Crippen molar-refractivity contribution in [1.82, 2.24) is 4.90 Å². The van der Waals surface area contributed by atoms with Crippen LogP contribution in [0.15, 0.2) is 0 Å². The first-order chi connectivity index (χ1) is 8.59. The molecule has 2 rings (SSSR count). The van der Waals surface area contributed by atoms with E-state index >= 15 is 0 Å². The number of rotatable bonds is 3. The Morgan fingerprint density at radius 1 is 1.33 bits per heavy atom. The number of likely N-dealkylation sites (tertiary alicyclic amines) is 1. The Labute approximate surface area is 109 Å². The van der Waals surface area contributed by atoms with Crippen LogP contribution in [0.2, 0.25) is 0 Å². The second-order valence-corrected chi connectivity index (χ2v) is 5.93. The molecule has 2 fully saturated rings. The summed E-state index contributed by atoms with van der Waals surface area (Å²) in [4.78, 5) is 13.7. The average Bonchev–Trinajstić information content (AvgIpc) is 2.68. The van der Waals surface area contributed by atoms with Crippen LogP contribution >= 0.6 is 0 Å². The summed E-state index contributed by atoms with van der Waals surface area (Å²) in [5.74, 6) is -0.671. The van der Waals surface area contributed by atoms with Crippen LogP contribution in [0.3, 0.4) is 0 Å². The smallest absolute Gasteiger partial charge is 0.310 e. The maximum Gasteiger partial charge on any atom is 0.310 e. The zero-order chi connectivity index (χ0) is 13.2. The van der Waals surface area contributed by atoms with Gasteiger partial charge in [-0.1, -0.05) is 26.2 Å². The highest BCUT2D eigenvalue weighted by Crippen LogP contribution is 2.37. The van der Waals surface area contributed by atoms with Crippen molar-refractivity contribution in [3.05, 3.63) is 0 Å². The van der Waals surface area contributed by atoms with E-state index in [4.69, 9.17) is 0 Å². The fourth-order valence-corrected chi connectivity index (χ4v) is 3.50. The van der Waals surface area contributed by atoms with Gasteiger partial charge in [0.05, 0.1) is 11.5 Å². The monoisotopic (exact) mass is 255 g/mol. The molecule has 0 bridgehead atoms. The van der Waals surface area contributed by atoms with Gasteiger partial charge in [0.2, 0.25) is 0 Å². The second-order valence-electron chi connectivity index (χ2n) is 5.93. The normalized spacial score (nSPS) is 38.6. The number of carboxylic acids is 1. The fraction of sp³-hybridized carbons (Fsp3) is 0.929. The first-order valence-corrected chi connectivity index (χ1v) is 7.24. The van der Waals surface area contributed by atoms with E-state index in [1.807, 2.05) is 6.92 Å². The largest absolute Gasteiger partial charge is 0.481 e. The third-order valence-corrected chi connectivity index (χ3v) is 4.93. The molecule has 2 aliphatic rings. The summed E-state index contributed by atoms with van der Waals surface area (Å²) >= 11 is 0. The van der Waals surface area contributed by atoms with E-state index in [0.29, 0.717) is 13.0 Å². The summed E-state index contributed by atoms with van der Waals surface area (Å²) in [5.41, 5.74) is -0.577. The lowest BCUT2D eigenvalue weighted by molar-refractivity contribution is -0.148. The number of aliphatic carboxylic acids is 1. The minimum Gasteiger partial charge on any atom is -0.481 e. The molecule has 1 aliphatic carbocycles. The molecular formula is C14H25NO3. The number of carboxylic acid groups (broad SMARTS) is 1. The van der Waals surface area contributed by atoms with Crippen LogP contribution in [0, 0.1) is 5.41 Å². The number of aliphatic hydroxyl groups excluding tert-OH is 1. The topological polar surface area (TPSA) is 60.8 Å². The lowest BCUT2D eigenvalue weighted by atomic mass is 9.84. The molecule has 1 aliphatic heterocycles. The van der Waals surface area contributed by atoms with Crippen molar-refractivity contribution in [2.24, 2.45) is 5.41 Å². The molecule has 4 heteroatoms. The minimum absolute atomic E-state index is 0.181. The first-order valence-electron chi connectivity index (χ1n) is 7.24. The molecule has 0 aromatic heterocycles. The third-order valence-electron chi connectivity index (χ3n) is 4.93. The number of hydrogen-bond donors (Lipinski definition) is 2. The van der Waals surface area contributed by atoms with E-state index in [-0.39, 0.29) is 12.1 Å². The van der Waals surface area contributed by atoms with Gasteiger partial charge in [0.1, 0.15) is 0 Å². The minimum atomic E-state index is -0.671. The highest BCUT2D eigenvalue weighted by molar-refractivity contribution is 5.75. The molecule has 0 aromatic carbocycles. The fourth-order valence-electron chi connectivity index (χ4n) is 3.50. The summed E-state index contributed by atoms with van der Waals surface area (Å²) in [7, 11) is 0. The molecule has 0 aromatic rings. The highest BCUT2D eigenvalue weighted by atomic mass is 16.4. The Balaban J connectivity index is 2.04. The van der Waals surface area contributed by atoms with Gasteiger partial charge in [-0.15, -0.1) is 0 Å². The number of nitrogens with zero attached hydrogens (tertiary/aromatic N) is 1. The van der Waals surface area contributed by atoms with Gasteiger partial charge >= 0.3 is 5.97 Å². The maximum atomic E-state index is 11.4. The quantitative estimate of drug-likeness (QED) is 0.756. The molecule has 3 unspecified atom stereocenters. The highest BCUT2D eigenvalue weighted by Gasteiger charge is 2.45. The van der Waals surface area contributed by atoms with Gasteiger partial charge in [0, 0.05) is 12.6 Å². The Hall–Kier alpha value is -0.610. The molecule has 4 nitrogen and oxygen atoms in total. The molecule has 1 saturated carbocycles. The average molecular weight is 255 g/mol. The van der Waals surface area contributed by atoms with Gasteiger partial charge in [0.15, 0.2) is 0 Å². The summed E-state index contributed by atoms with van der Waals surface area (Å²) in [5, 5.41) is 19.6. The maximum absolute atomic E-state index is 11.4. The molecule has 0 amide bonds. The zero-order valence-corrected chi connectivity index (χ0v) is 11.3. The van der Waals surface area contributed by atoms with Gasteiger partial charge in [-0.05, 0) is 32.2 Å². The van der Waals surface area contributed by atoms with Crippen LogP contribution in [0.1, 0.15) is 51.9 Å². The number of carbonyl (C=O) groups is 1. The van der Waals surface area contributed by atoms with Crippen molar-refractivity contribution >= 4 is 5.97 Å². The van der Waals surface area contributed by atoms with E-state index in [9.17, 15) is 15.0 Å². The third kappa shape index (κ3) is 2.54. The molecule has 2 N–H and O–H groups in total. The molecule has 0 spiro atoms. The molecule has 1 saturated heterocycles. The lowest BCUT2D eigenvalue weighted by Crippen LogP contribution is -2.44. The van der Waals surface area contributed by atoms with E-state index in [1.54, 1.807) is 0 Å². The Morgan fingerprint density at radius 2 is 2.06 bits per heavy atom. The molecule has 104 valence electrons. The van der Waals surface area contributed by atoms with Crippen molar-refractivity contribution in [3.8, 4) is 0 Å². The van der Waals surface area contributed by atoms with Crippen molar-refractivity contribution in [3.63, 3.8) is 0 Å². The van der Waals surface area contributed by atoms with Crippen LogP contribution in [0.5, 0.6) is 0 Å². The van der Waals surface area contributed by atoms with Crippen molar-refractivity contribution < 1.29 is 15.0 Å². The van der Waals surface area contributed by atoms with Gasteiger partial charge in [-0.3, -0.25) is 9.69 Å². The number of hydrogen-bond acceptors (Lipinski definition) is 3. The van der Waals surface area contributed by atoms with Crippen LogP contribution in [-0.4, -0.2) is 46.3 Å². The SMILES string of the molecule is CCC1(C(=O)O)CCN(C2CCCCCC2O)C1. The van der Waals surface area contributed by atoms with E-state index < -0.39 is 11.4 Å². The van der Waals surface area contributed by atoms with Crippen LogP contribution < -0.4 is 0 Å². The van der Waals surface area contributed by atoms with Gasteiger partial charge in [-0.2, -0.15) is 0 Å². The van der Waals surface area contributed by atoms with Gasteiger partial charge < -0.3 is 10.2 Å². The molecule has 3 atom stereocenters. The standard InChI is InChI=1S/C14H25NO3/c1-2-14(13(17)18)8-9-15(10-14)11-6-4-3-5-7-12(11)16/h11-12,16H,2-10H2,1H3,(H,17,18). The Morgan fingerprint density at radius 3 is 2.67 bits per heavy atom. The Kier molecular flexibility index (Phi) is 4.28. The van der Waals surface area contributed by atoms with Crippen molar-refractivity contribution in [2.45, 2.75) is 64.0 Å². The summed E-state index contributed by atoms with van der Waals surface area (Å²) in [6, 6.07) is 0.181. The van der Waals surface area contributed by atoms with Crippen LogP contribution in [-0.2, 0) is 4.79 Å². The second kappa shape index (κ2) is 5.57. The molecule has 1 heterocycles. The molecule has 0 radical (unpaired) electrons.